The van der Waals surface area contributed by atoms with E-state index in [9.17, 15) is 4.39 Å². The van der Waals surface area contributed by atoms with Crippen molar-refractivity contribution in [1.29, 1.82) is 0 Å². The van der Waals surface area contributed by atoms with Gasteiger partial charge in [-0.25, -0.2) is 14.4 Å². The first-order chi connectivity index (χ1) is 9.17. The maximum absolute atomic E-state index is 13.3. The quantitative estimate of drug-likeness (QED) is 0.784. The van der Waals surface area contributed by atoms with E-state index >= 15 is 0 Å². The third kappa shape index (κ3) is 2.05. The highest BCUT2D eigenvalue weighted by Crippen LogP contribution is 2.20. The number of halogens is 1. The Labute approximate surface area is 108 Å². The van der Waals surface area contributed by atoms with Gasteiger partial charge in [0.25, 0.3) is 0 Å². The number of aromatic nitrogens is 3. The van der Waals surface area contributed by atoms with Crippen LogP contribution in [0.2, 0.25) is 0 Å². The van der Waals surface area contributed by atoms with Crippen LogP contribution in [0, 0.1) is 5.82 Å². The average Bonchev–Trinajstić information content (AvgIpc) is 2.96. The molecule has 0 bridgehead atoms. The van der Waals surface area contributed by atoms with Crippen molar-refractivity contribution in [1.82, 2.24) is 14.5 Å². The summed E-state index contributed by atoms with van der Waals surface area (Å²) in [6, 6.07) is 4.37. The van der Waals surface area contributed by atoms with Crippen LogP contribution in [0.5, 0.6) is 0 Å². The number of hydrogen-bond donors (Lipinski definition) is 1. The minimum atomic E-state index is -0.324. The Balaban J connectivity index is 2.04. The number of benzene rings is 1. The van der Waals surface area contributed by atoms with Gasteiger partial charge in [-0.05, 0) is 18.2 Å². The Bertz CT molecular complexity index is 731. The first-order valence-electron chi connectivity index (χ1n) is 6.02. The molecule has 19 heavy (non-hydrogen) atoms. The van der Waals surface area contributed by atoms with Gasteiger partial charge in [-0.3, -0.25) is 0 Å². The van der Waals surface area contributed by atoms with Crippen LogP contribution in [0.15, 0.2) is 28.8 Å². The minimum Gasteiger partial charge on any atom is -0.444 e. The zero-order chi connectivity index (χ0) is 13.4. The van der Waals surface area contributed by atoms with Crippen LogP contribution < -0.4 is 5.73 Å². The highest BCUT2D eigenvalue weighted by Gasteiger charge is 2.12. The molecular weight excluding hydrogens is 247 g/mol. The van der Waals surface area contributed by atoms with Crippen molar-refractivity contribution in [3.8, 4) is 0 Å². The molecule has 5 nitrogen and oxygen atoms in total. The molecule has 3 rings (SSSR count). The van der Waals surface area contributed by atoms with Crippen LogP contribution >= 0.6 is 0 Å². The zero-order valence-corrected chi connectivity index (χ0v) is 10.4. The molecule has 3 aromatic rings. The number of oxazole rings is 1. The standard InChI is InChI=1S/C13H13FN4O/c1-2-9-6-16-12(19-9)7-18-11-5-8(14)3-4-10(11)17-13(18)15/h3-6H,2,7H2,1H3,(H2,15,17). The van der Waals surface area contributed by atoms with Crippen LogP contribution in [0.25, 0.3) is 11.0 Å². The van der Waals surface area contributed by atoms with Gasteiger partial charge in [0.1, 0.15) is 18.1 Å². The number of nitrogens with two attached hydrogens (primary N) is 1. The van der Waals surface area contributed by atoms with E-state index in [1.807, 2.05) is 6.92 Å². The molecule has 98 valence electrons. The topological polar surface area (TPSA) is 69.9 Å². The number of aryl methyl sites for hydroxylation is 1. The van der Waals surface area contributed by atoms with Crippen LogP contribution in [0.1, 0.15) is 18.6 Å². The van der Waals surface area contributed by atoms with Gasteiger partial charge in [0.15, 0.2) is 0 Å². The monoisotopic (exact) mass is 260 g/mol. The van der Waals surface area contributed by atoms with Crippen LogP contribution in [0.3, 0.4) is 0 Å². The SMILES string of the molecule is CCc1cnc(Cn2c(N)nc3ccc(F)cc32)o1. The molecule has 2 heterocycles. The van der Waals surface area contributed by atoms with E-state index in [4.69, 9.17) is 10.2 Å². The van der Waals surface area contributed by atoms with E-state index in [0.717, 1.165) is 12.2 Å². The summed E-state index contributed by atoms with van der Waals surface area (Å²) in [6.45, 7) is 2.33. The number of rotatable bonds is 3. The fourth-order valence-electron chi connectivity index (χ4n) is 2.00. The highest BCUT2D eigenvalue weighted by molar-refractivity contribution is 5.78. The normalized spacial score (nSPS) is 11.3. The zero-order valence-electron chi connectivity index (χ0n) is 10.4. The second kappa shape index (κ2) is 4.38. The van der Waals surface area contributed by atoms with E-state index in [2.05, 4.69) is 9.97 Å². The summed E-state index contributed by atoms with van der Waals surface area (Å²) in [5.41, 5.74) is 7.14. The molecule has 0 aliphatic carbocycles. The van der Waals surface area contributed by atoms with Crippen molar-refractivity contribution in [3.63, 3.8) is 0 Å². The molecule has 0 saturated carbocycles. The molecule has 0 aliphatic heterocycles. The van der Waals surface area contributed by atoms with Crippen molar-refractivity contribution >= 4 is 17.0 Å². The van der Waals surface area contributed by atoms with Gasteiger partial charge < -0.3 is 14.7 Å². The third-order valence-corrected chi connectivity index (χ3v) is 2.98. The van der Waals surface area contributed by atoms with E-state index in [1.54, 1.807) is 16.8 Å². The molecule has 0 aliphatic rings. The summed E-state index contributed by atoms with van der Waals surface area (Å²) in [7, 11) is 0. The number of nitrogens with zero attached hydrogens (tertiary/aromatic N) is 3. The van der Waals surface area contributed by atoms with E-state index < -0.39 is 0 Å². The molecular formula is C13H13FN4O. The average molecular weight is 260 g/mol. The number of imidazole rings is 1. The molecule has 0 spiro atoms. The van der Waals surface area contributed by atoms with Crippen molar-refractivity contribution in [2.45, 2.75) is 19.9 Å². The largest absolute Gasteiger partial charge is 0.444 e. The van der Waals surface area contributed by atoms with E-state index in [0.29, 0.717) is 29.4 Å². The Morgan fingerprint density at radius 2 is 2.26 bits per heavy atom. The summed E-state index contributed by atoms with van der Waals surface area (Å²) < 4.78 is 20.5. The Kier molecular flexibility index (Phi) is 2.70. The molecule has 0 radical (unpaired) electrons. The maximum Gasteiger partial charge on any atom is 0.214 e. The predicted molar refractivity (Wildman–Crippen MR) is 69.1 cm³/mol. The second-order valence-electron chi connectivity index (χ2n) is 4.26. The molecule has 0 saturated heterocycles. The van der Waals surface area contributed by atoms with Crippen LogP contribution in [-0.4, -0.2) is 14.5 Å². The first kappa shape index (κ1) is 11.7. The molecule has 6 heteroatoms. The Hall–Kier alpha value is -2.37. The molecule has 0 fully saturated rings. The summed E-state index contributed by atoms with van der Waals surface area (Å²) in [6.07, 6.45) is 2.47. The summed E-state index contributed by atoms with van der Waals surface area (Å²) >= 11 is 0. The third-order valence-electron chi connectivity index (χ3n) is 2.98. The number of hydrogen-bond acceptors (Lipinski definition) is 4. The molecule has 0 atom stereocenters. The summed E-state index contributed by atoms with van der Waals surface area (Å²) in [5, 5.41) is 0. The maximum atomic E-state index is 13.3. The number of fused-ring (bicyclic) bond motifs is 1. The Morgan fingerprint density at radius 3 is 3.00 bits per heavy atom. The summed E-state index contributed by atoms with van der Waals surface area (Å²) in [5.74, 6) is 1.34. The predicted octanol–water partition coefficient (Wildman–Crippen LogP) is 2.36. The van der Waals surface area contributed by atoms with Gasteiger partial charge in [0.2, 0.25) is 11.8 Å². The Morgan fingerprint density at radius 1 is 1.42 bits per heavy atom. The lowest BCUT2D eigenvalue weighted by molar-refractivity contribution is 0.449. The minimum absolute atomic E-state index is 0.317. The number of nitrogen functional groups attached to an aromatic ring is 1. The van der Waals surface area contributed by atoms with Gasteiger partial charge in [-0.1, -0.05) is 6.92 Å². The van der Waals surface area contributed by atoms with Gasteiger partial charge >= 0.3 is 0 Å². The lowest BCUT2D eigenvalue weighted by Gasteiger charge is -2.03. The molecule has 2 N–H and O–H groups in total. The van der Waals surface area contributed by atoms with Crippen molar-refractivity contribution in [2.24, 2.45) is 0 Å². The van der Waals surface area contributed by atoms with E-state index in [-0.39, 0.29) is 5.82 Å². The number of anilines is 1. The smallest absolute Gasteiger partial charge is 0.214 e. The summed E-state index contributed by atoms with van der Waals surface area (Å²) in [4.78, 5) is 8.35. The van der Waals surface area contributed by atoms with Gasteiger partial charge in [0, 0.05) is 6.42 Å². The van der Waals surface area contributed by atoms with Gasteiger partial charge in [-0.2, -0.15) is 0 Å². The fourth-order valence-corrected chi connectivity index (χ4v) is 2.00. The molecule has 2 aromatic heterocycles. The van der Waals surface area contributed by atoms with Crippen LogP contribution in [0.4, 0.5) is 10.3 Å². The van der Waals surface area contributed by atoms with Crippen molar-refractivity contribution in [3.05, 3.63) is 41.9 Å². The lowest BCUT2D eigenvalue weighted by atomic mass is 10.3. The van der Waals surface area contributed by atoms with E-state index in [1.165, 1.54) is 12.1 Å². The first-order valence-corrected chi connectivity index (χ1v) is 6.02. The van der Waals surface area contributed by atoms with Crippen molar-refractivity contribution in [2.75, 3.05) is 5.73 Å². The van der Waals surface area contributed by atoms with Crippen LogP contribution in [-0.2, 0) is 13.0 Å². The molecule has 0 amide bonds. The molecule has 1 aromatic carbocycles. The highest BCUT2D eigenvalue weighted by atomic mass is 19.1. The molecule has 0 unspecified atom stereocenters. The second-order valence-corrected chi connectivity index (χ2v) is 4.26. The van der Waals surface area contributed by atoms with Gasteiger partial charge in [0.05, 0.1) is 17.2 Å². The van der Waals surface area contributed by atoms with Crippen molar-refractivity contribution < 1.29 is 8.81 Å². The fraction of sp³-hybridized carbons (Fsp3) is 0.231. The lowest BCUT2D eigenvalue weighted by Crippen LogP contribution is -2.04. The van der Waals surface area contributed by atoms with Gasteiger partial charge in [-0.15, -0.1) is 0 Å².